The number of aryl methyl sites for hydroxylation is 1. The van der Waals surface area contributed by atoms with E-state index in [4.69, 9.17) is 4.74 Å². The number of rotatable bonds is 7. The minimum Gasteiger partial charge on any atom is -0.491 e. The number of nitrogens with zero attached hydrogens (tertiary/aromatic N) is 2. The van der Waals surface area contributed by atoms with Crippen LogP contribution in [0.1, 0.15) is 35.5 Å². The van der Waals surface area contributed by atoms with E-state index >= 15 is 0 Å². The molecule has 0 fully saturated rings. The summed E-state index contributed by atoms with van der Waals surface area (Å²) in [4.78, 5) is 12.4. The molecule has 0 saturated heterocycles. The van der Waals surface area contributed by atoms with Gasteiger partial charge in [0.25, 0.3) is 5.91 Å². The summed E-state index contributed by atoms with van der Waals surface area (Å²) in [6.45, 7) is 6.45. The highest BCUT2D eigenvalue weighted by Crippen LogP contribution is 2.20. The molecule has 5 nitrogen and oxygen atoms in total. The summed E-state index contributed by atoms with van der Waals surface area (Å²) in [5, 5.41) is 11.2. The van der Waals surface area contributed by atoms with Crippen LogP contribution in [0, 0.1) is 6.92 Å². The molecule has 0 aliphatic heterocycles. The molecule has 3 aromatic rings. The number of amides is 1. The Kier molecular flexibility index (Phi) is 6.37. The lowest BCUT2D eigenvalue weighted by atomic mass is 10.1. The van der Waals surface area contributed by atoms with Gasteiger partial charge in [-0.25, -0.2) is 0 Å². The molecule has 0 bridgehead atoms. The molecule has 0 atom stereocenters. The number of carbonyl (C=O) groups is 1. The third-order valence-corrected chi connectivity index (χ3v) is 4.26. The maximum Gasteiger partial charge on any atom is 0.251 e. The van der Waals surface area contributed by atoms with Crippen LogP contribution in [-0.2, 0) is 6.42 Å². The van der Waals surface area contributed by atoms with Gasteiger partial charge in [-0.1, -0.05) is 30.3 Å². The van der Waals surface area contributed by atoms with Crippen LogP contribution >= 0.6 is 0 Å². The van der Waals surface area contributed by atoms with E-state index in [1.165, 1.54) is 0 Å². The van der Waals surface area contributed by atoms with Crippen LogP contribution in [0.25, 0.3) is 11.3 Å². The van der Waals surface area contributed by atoms with E-state index in [1.807, 2.05) is 81.4 Å². The first kappa shape index (κ1) is 19.5. The first-order valence-electron chi connectivity index (χ1n) is 9.46. The van der Waals surface area contributed by atoms with Gasteiger partial charge < -0.3 is 10.1 Å². The largest absolute Gasteiger partial charge is 0.491 e. The summed E-state index contributed by atoms with van der Waals surface area (Å²) in [7, 11) is 0. The highest BCUT2D eigenvalue weighted by Gasteiger charge is 2.08. The van der Waals surface area contributed by atoms with Gasteiger partial charge in [0.2, 0.25) is 0 Å². The molecule has 0 aliphatic carbocycles. The predicted octanol–water partition coefficient (Wildman–Crippen LogP) is 4.21. The summed E-state index contributed by atoms with van der Waals surface area (Å²) < 4.78 is 5.83. The van der Waals surface area contributed by atoms with E-state index in [2.05, 4.69) is 15.5 Å². The molecule has 28 heavy (non-hydrogen) atoms. The van der Waals surface area contributed by atoms with Gasteiger partial charge in [-0.05, 0) is 63.1 Å². The highest BCUT2D eigenvalue weighted by atomic mass is 16.5. The quantitative estimate of drug-likeness (QED) is 0.672. The normalized spacial score (nSPS) is 10.7. The average molecular weight is 375 g/mol. The number of nitrogens with one attached hydrogen (secondary N) is 1. The fourth-order valence-corrected chi connectivity index (χ4v) is 2.84. The summed E-state index contributed by atoms with van der Waals surface area (Å²) >= 11 is 0. The van der Waals surface area contributed by atoms with E-state index in [1.54, 1.807) is 0 Å². The molecule has 1 amide bonds. The first-order valence-corrected chi connectivity index (χ1v) is 9.46. The molecule has 5 heteroatoms. The van der Waals surface area contributed by atoms with E-state index in [-0.39, 0.29) is 12.0 Å². The SMILES string of the molecule is Cc1ccc(-c2ccc(C(=O)NCCc3ccccc3OC(C)C)cc2)nn1. The average Bonchev–Trinajstić information content (AvgIpc) is 2.69. The minimum atomic E-state index is -0.0937. The number of hydrogen-bond donors (Lipinski definition) is 1. The van der Waals surface area contributed by atoms with Crippen molar-refractivity contribution in [3.05, 3.63) is 77.5 Å². The Morgan fingerprint density at radius 3 is 2.43 bits per heavy atom. The predicted molar refractivity (Wildman–Crippen MR) is 110 cm³/mol. The van der Waals surface area contributed by atoms with Crippen molar-refractivity contribution >= 4 is 5.91 Å². The molecule has 1 N–H and O–H groups in total. The van der Waals surface area contributed by atoms with Gasteiger partial charge in [-0.2, -0.15) is 10.2 Å². The zero-order valence-electron chi connectivity index (χ0n) is 16.5. The molecule has 1 aromatic heterocycles. The van der Waals surface area contributed by atoms with Crippen LogP contribution in [0.2, 0.25) is 0 Å². The maximum atomic E-state index is 12.4. The standard InChI is InChI=1S/C23H25N3O2/c1-16(2)28-22-7-5-4-6-19(22)14-15-24-23(27)20-11-9-18(10-12-20)21-13-8-17(3)25-26-21/h4-13,16H,14-15H2,1-3H3,(H,24,27). The van der Waals surface area contributed by atoms with Crippen molar-refractivity contribution in [2.45, 2.75) is 33.3 Å². The van der Waals surface area contributed by atoms with Gasteiger partial charge in [0.05, 0.1) is 17.5 Å². The fraction of sp³-hybridized carbons (Fsp3) is 0.261. The Bertz CT molecular complexity index is 919. The second-order valence-electron chi connectivity index (χ2n) is 6.92. The molecule has 0 unspecified atom stereocenters. The number of para-hydroxylation sites is 1. The molecule has 0 radical (unpaired) electrons. The number of hydrogen-bond acceptors (Lipinski definition) is 4. The van der Waals surface area contributed by atoms with Crippen molar-refractivity contribution in [1.82, 2.24) is 15.5 Å². The Balaban J connectivity index is 1.58. The van der Waals surface area contributed by atoms with Gasteiger partial charge in [0.15, 0.2) is 0 Å². The van der Waals surface area contributed by atoms with Crippen molar-refractivity contribution in [1.29, 1.82) is 0 Å². The van der Waals surface area contributed by atoms with Crippen LogP contribution < -0.4 is 10.1 Å². The van der Waals surface area contributed by atoms with Gasteiger partial charge in [0, 0.05) is 17.7 Å². The molecule has 2 aromatic carbocycles. The summed E-state index contributed by atoms with van der Waals surface area (Å²) in [5.41, 5.74) is 4.31. The van der Waals surface area contributed by atoms with Gasteiger partial charge >= 0.3 is 0 Å². The third kappa shape index (κ3) is 5.16. The van der Waals surface area contributed by atoms with E-state index in [0.29, 0.717) is 18.5 Å². The molecule has 0 spiro atoms. The maximum absolute atomic E-state index is 12.4. The molecule has 3 rings (SSSR count). The molecule has 0 aliphatic rings. The van der Waals surface area contributed by atoms with Crippen molar-refractivity contribution in [2.24, 2.45) is 0 Å². The zero-order valence-corrected chi connectivity index (χ0v) is 16.5. The summed E-state index contributed by atoms with van der Waals surface area (Å²) in [6.07, 6.45) is 0.832. The van der Waals surface area contributed by atoms with Crippen LogP contribution in [0.4, 0.5) is 0 Å². The smallest absolute Gasteiger partial charge is 0.251 e. The fourth-order valence-electron chi connectivity index (χ4n) is 2.84. The third-order valence-electron chi connectivity index (χ3n) is 4.26. The van der Waals surface area contributed by atoms with Crippen LogP contribution in [0.3, 0.4) is 0 Å². The van der Waals surface area contributed by atoms with E-state index < -0.39 is 0 Å². The van der Waals surface area contributed by atoms with Gasteiger partial charge in [0.1, 0.15) is 5.75 Å². The van der Waals surface area contributed by atoms with Crippen molar-refractivity contribution in [3.8, 4) is 17.0 Å². The molecule has 0 saturated carbocycles. The number of ether oxygens (including phenoxy) is 1. The first-order chi connectivity index (χ1) is 13.5. The van der Waals surface area contributed by atoms with Crippen LogP contribution in [0.15, 0.2) is 60.7 Å². The number of benzene rings is 2. The van der Waals surface area contributed by atoms with Gasteiger partial charge in [-0.3, -0.25) is 4.79 Å². The molecule has 1 heterocycles. The molecule has 144 valence electrons. The summed E-state index contributed by atoms with van der Waals surface area (Å²) in [6, 6.07) is 19.2. The topological polar surface area (TPSA) is 64.1 Å². The van der Waals surface area contributed by atoms with Crippen molar-refractivity contribution in [3.63, 3.8) is 0 Å². The lowest BCUT2D eigenvalue weighted by Crippen LogP contribution is -2.25. The lowest BCUT2D eigenvalue weighted by Gasteiger charge is -2.14. The number of aromatic nitrogens is 2. The van der Waals surface area contributed by atoms with Crippen molar-refractivity contribution < 1.29 is 9.53 Å². The minimum absolute atomic E-state index is 0.0937. The Morgan fingerprint density at radius 1 is 1.00 bits per heavy atom. The molecular formula is C23H25N3O2. The van der Waals surface area contributed by atoms with Crippen LogP contribution in [0.5, 0.6) is 5.75 Å². The summed E-state index contributed by atoms with van der Waals surface area (Å²) in [5.74, 6) is 0.777. The Morgan fingerprint density at radius 2 is 1.75 bits per heavy atom. The lowest BCUT2D eigenvalue weighted by molar-refractivity contribution is 0.0954. The highest BCUT2D eigenvalue weighted by molar-refractivity contribution is 5.94. The van der Waals surface area contributed by atoms with Crippen LogP contribution in [-0.4, -0.2) is 28.8 Å². The zero-order chi connectivity index (χ0) is 19.9. The Hall–Kier alpha value is -3.21. The van der Waals surface area contributed by atoms with Crippen molar-refractivity contribution in [2.75, 3.05) is 6.54 Å². The monoisotopic (exact) mass is 375 g/mol. The van der Waals surface area contributed by atoms with E-state index in [9.17, 15) is 4.79 Å². The Labute approximate surface area is 165 Å². The second kappa shape index (κ2) is 9.13. The number of carbonyl (C=O) groups excluding carboxylic acids is 1. The second-order valence-corrected chi connectivity index (χ2v) is 6.92. The van der Waals surface area contributed by atoms with Gasteiger partial charge in [-0.15, -0.1) is 0 Å². The molecular weight excluding hydrogens is 350 g/mol. The van der Waals surface area contributed by atoms with E-state index in [0.717, 1.165) is 28.3 Å².